The van der Waals surface area contributed by atoms with Crippen LogP contribution in [0.3, 0.4) is 0 Å². The number of hydrogen-bond donors (Lipinski definition) is 2. The molecule has 0 amide bonds. The standard InChI is InChI=1S/C16H20N4O4/c1-21-9-5-11(18)16(24-4)13(6-9)20-19-12-8-14(22-2)10(17)7-15(12)23-3/h5-8H,17-18H2,1-4H3. The van der Waals surface area contributed by atoms with Crippen molar-refractivity contribution in [3.63, 3.8) is 0 Å². The summed E-state index contributed by atoms with van der Waals surface area (Å²) >= 11 is 0. The molecule has 0 atom stereocenters. The lowest BCUT2D eigenvalue weighted by atomic mass is 10.2. The molecule has 0 radical (unpaired) electrons. The molecule has 2 aromatic carbocycles. The summed E-state index contributed by atoms with van der Waals surface area (Å²) in [5.74, 6) is 1.89. The average molecular weight is 332 g/mol. The molecule has 0 aliphatic rings. The molecule has 2 rings (SSSR count). The minimum atomic E-state index is 0.396. The van der Waals surface area contributed by atoms with E-state index < -0.39 is 0 Å². The van der Waals surface area contributed by atoms with Gasteiger partial charge in [0.2, 0.25) is 0 Å². The van der Waals surface area contributed by atoms with Crippen molar-refractivity contribution in [3.8, 4) is 23.0 Å². The molecular weight excluding hydrogens is 312 g/mol. The van der Waals surface area contributed by atoms with Gasteiger partial charge in [0.1, 0.15) is 28.6 Å². The predicted octanol–water partition coefficient (Wildman–Crippen LogP) is 3.30. The molecule has 0 spiro atoms. The van der Waals surface area contributed by atoms with Crippen LogP contribution >= 0.6 is 0 Å². The van der Waals surface area contributed by atoms with E-state index in [2.05, 4.69) is 10.2 Å². The number of ether oxygens (including phenoxy) is 4. The van der Waals surface area contributed by atoms with Gasteiger partial charge in [-0.15, -0.1) is 10.2 Å². The van der Waals surface area contributed by atoms with Crippen molar-refractivity contribution in [2.24, 2.45) is 10.2 Å². The second-order valence-electron chi connectivity index (χ2n) is 4.74. The Morgan fingerprint density at radius 3 is 1.92 bits per heavy atom. The summed E-state index contributed by atoms with van der Waals surface area (Å²) in [5.41, 5.74) is 13.5. The van der Waals surface area contributed by atoms with Gasteiger partial charge in [-0.3, -0.25) is 0 Å². The van der Waals surface area contributed by atoms with Crippen LogP contribution in [0.4, 0.5) is 22.7 Å². The Morgan fingerprint density at radius 2 is 1.33 bits per heavy atom. The Bertz CT molecular complexity index is 762. The van der Waals surface area contributed by atoms with Gasteiger partial charge >= 0.3 is 0 Å². The lowest BCUT2D eigenvalue weighted by Gasteiger charge is -2.11. The van der Waals surface area contributed by atoms with E-state index >= 15 is 0 Å². The fourth-order valence-corrected chi connectivity index (χ4v) is 2.11. The Labute approximate surface area is 140 Å². The first-order chi connectivity index (χ1) is 11.5. The average Bonchev–Trinajstić information content (AvgIpc) is 2.59. The van der Waals surface area contributed by atoms with Gasteiger partial charge in [0, 0.05) is 24.3 Å². The molecule has 0 aliphatic carbocycles. The Balaban J connectivity index is 2.49. The third-order valence-corrected chi connectivity index (χ3v) is 3.31. The van der Waals surface area contributed by atoms with Gasteiger partial charge in [-0.1, -0.05) is 0 Å². The molecule has 0 bridgehead atoms. The summed E-state index contributed by atoms with van der Waals surface area (Å²) < 4.78 is 20.9. The minimum absolute atomic E-state index is 0.396. The summed E-state index contributed by atoms with van der Waals surface area (Å²) in [6.07, 6.45) is 0. The maximum Gasteiger partial charge on any atom is 0.169 e. The van der Waals surface area contributed by atoms with Gasteiger partial charge in [0.05, 0.1) is 39.8 Å². The van der Waals surface area contributed by atoms with Crippen LogP contribution < -0.4 is 30.4 Å². The third-order valence-electron chi connectivity index (χ3n) is 3.31. The van der Waals surface area contributed by atoms with Gasteiger partial charge in [0.25, 0.3) is 0 Å². The van der Waals surface area contributed by atoms with Crippen molar-refractivity contribution in [3.05, 3.63) is 24.3 Å². The largest absolute Gasteiger partial charge is 0.497 e. The van der Waals surface area contributed by atoms with Crippen molar-refractivity contribution in [2.75, 3.05) is 39.9 Å². The molecule has 0 aliphatic heterocycles. The van der Waals surface area contributed by atoms with E-state index in [0.717, 1.165) is 0 Å². The van der Waals surface area contributed by atoms with Gasteiger partial charge in [-0.05, 0) is 0 Å². The monoisotopic (exact) mass is 332 g/mol. The molecule has 8 heteroatoms. The molecule has 2 aromatic rings. The second kappa shape index (κ2) is 7.40. The van der Waals surface area contributed by atoms with Crippen LogP contribution in [0.1, 0.15) is 0 Å². The highest BCUT2D eigenvalue weighted by Crippen LogP contribution is 2.41. The van der Waals surface area contributed by atoms with Crippen LogP contribution in [0.15, 0.2) is 34.5 Å². The molecule has 8 nitrogen and oxygen atoms in total. The summed E-state index contributed by atoms with van der Waals surface area (Å²) in [4.78, 5) is 0. The number of azo groups is 1. The van der Waals surface area contributed by atoms with Crippen molar-refractivity contribution < 1.29 is 18.9 Å². The summed E-state index contributed by atoms with van der Waals surface area (Å²) in [7, 11) is 6.08. The lowest BCUT2D eigenvalue weighted by Crippen LogP contribution is -1.94. The molecule has 0 saturated heterocycles. The van der Waals surface area contributed by atoms with E-state index in [0.29, 0.717) is 45.7 Å². The van der Waals surface area contributed by atoms with Gasteiger partial charge < -0.3 is 30.4 Å². The summed E-state index contributed by atoms with van der Waals surface area (Å²) in [6.45, 7) is 0. The first-order valence-electron chi connectivity index (χ1n) is 6.98. The first kappa shape index (κ1) is 17.2. The first-order valence-corrected chi connectivity index (χ1v) is 6.98. The number of methoxy groups -OCH3 is 4. The van der Waals surface area contributed by atoms with Gasteiger partial charge in [-0.2, -0.15) is 0 Å². The molecule has 4 N–H and O–H groups in total. The van der Waals surface area contributed by atoms with Crippen LogP contribution in [0.5, 0.6) is 23.0 Å². The van der Waals surface area contributed by atoms with Crippen LogP contribution in [0, 0.1) is 0 Å². The second-order valence-corrected chi connectivity index (χ2v) is 4.74. The van der Waals surface area contributed by atoms with E-state index in [1.807, 2.05) is 0 Å². The van der Waals surface area contributed by atoms with Crippen molar-refractivity contribution >= 4 is 22.7 Å². The van der Waals surface area contributed by atoms with E-state index in [4.69, 9.17) is 30.4 Å². The molecule has 128 valence electrons. The number of nitrogens with two attached hydrogens (primary N) is 2. The fourth-order valence-electron chi connectivity index (χ4n) is 2.11. The third kappa shape index (κ3) is 3.43. The zero-order chi connectivity index (χ0) is 17.7. The normalized spacial score (nSPS) is 10.7. The number of anilines is 2. The fraction of sp³-hybridized carbons (Fsp3) is 0.250. The minimum Gasteiger partial charge on any atom is -0.497 e. The van der Waals surface area contributed by atoms with Crippen LogP contribution in [0.2, 0.25) is 0 Å². The smallest absolute Gasteiger partial charge is 0.169 e. The summed E-state index contributed by atoms with van der Waals surface area (Å²) in [5, 5.41) is 8.39. The van der Waals surface area contributed by atoms with E-state index in [1.54, 1.807) is 24.3 Å². The maximum absolute atomic E-state index is 5.93. The number of hydrogen-bond acceptors (Lipinski definition) is 8. The predicted molar refractivity (Wildman–Crippen MR) is 92.1 cm³/mol. The molecule has 0 unspecified atom stereocenters. The van der Waals surface area contributed by atoms with Crippen molar-refractivity contribution in [1.29, 1.82) is 0 Å². The van der Waals surface area contributed by atoms with Gasteiger partial charge in [0.15, 0.2) is 5.75 Å². The van der Waals surface area contributed by atoms with Crippen LogP contribution in [-0.2, 0) is 0 Å². The molecular formula is C16H20N4O4. The molecule has 0 fully saturated rings. The van der Waals surface area contributed by atoms with Crippen LogP contribution in [0.25, 0.3) is 0 Å². The quantitative estimate of drug-likeness (QED) is 0.619. The lowest BCUT2D eigenvalue weighted by molar-refractivity contribution is 0.404. The molecule has 0 heterocycles. The zero-order valence-electron chi connectivity index (χ0n) is 14.0. The van der Waals surface area contributed by atoms with E-state index in [1.165, 1.54) is 28.4 Å². The van der Waals surface area contributed by atoms with Crippen LogP contribution in [-0.4, -0.2) is 28.4 Å². The maximum atomic E-state index is 5.93. The Morgan fingerprint density at radius 1 is 0.667 bits per heavy atom. The molecule has 0 aromatic heterocycles. The molecule has 0 saturated carbocycles. The molecule has 24 heavy (non-hydrogen) atoms. The zero-order valence-corrected chi connectivity index (χ0v) is 14.0. The van der Waals surface area contributed by atoms with E-state index in [-0.39, 0.29) is 0 Å². The van der Waals surface area contributed by atoms with Crippen molar-refractivity contribution in [2.45, 2.75) is 0 Å². The van der Waals surface area contributed by atoms with Crippen molar-refractivity contribution in [1.82, 2.24) is 0 Å². The number of benzene rings is 2. The number of rotatable bonds is 6. The Hall–Kier alpha value is -3.16. The SMILES string of the molecule is COc1cc(N)c(OC)c(N=Nc2cc(OC)c(N)cc2OC)c1. The number of nitrogens with zero attached hydrogens (tertiary/aromatic N) is 2. The highest BCUT2D eigenvalue weighted by atomic mass is 16.5. The highest BCUT2D eigenvalue weighted by molar-refractivity contribution is 5.70. The Kier molecular flexibility index (Phi) is 5.31. The van der Waals surface area contributed by atoms with Gasteiger partial charge in [-0.25, -0.2) is 0 Å². The topological polar surface area (TPSA) is 114 Å². The highest BCUT2D eigenvalue weighted by Gasteiger charge is 2.12. The van der Waals surface area contributed by atoms with E-state index in [9.17, 15) is 0 Å². The summed E-state index contributed by atoms with van der Waals surface area (Å²) in [6, 6.07) is 6.56. The number of nitrogen functional groups attached to an aromatic ring is 2.